The predicted octanol–water partition coefficient (Wildman–Crippen LogP) is 1.27. The van der Waals surface area contributed by atoms with Crippen molar-refractivity contribution in [3.8, 4) is 0 Å². The fourth-order valence-corrected chi connectivity index (χ4v) is 2.29. The number of carbonyl (C=O) groups excluding carboxylic acids is 3. The molecule has 0 unspecified atom stereocenters. The van der Waals surface area contributed by atoms with Crippen LogP contribution in [0.2, 0.25) is 0 Å². The lowest BCUT2D eigenvalue weighted by Crippen LogP contribution is -2.48. The van der Waals surface area contributed by atoms with Gasteiger partial charge in [-0.15, -0.1) is 0 Å². The highest BCUT2D eigenvalue weighted by Crippen LogP contribution is 2.20. The zero-order chi connectivity index (χ0) is 18.3. The van der Waals surface area contributed by atoms with E-state index in [0.717, 1.165) is 0 Å². The summed E-state index contributed by atoms with van der Waals surface area (Å²) in [5, 5.41) is 16.3. The lowest BCUT2D eigenvalue weighted by Gasteiger charge is -2.22. The Bertz CT molecular complexity index is 611. The third kappa shape index (κ3) is 5.88. The van der Waals surface area contributed by atoms with Crippen molar-refractivity contribution in [2.45, 2.75) is 33.2 Å². The van der Waals surface area contributed by atoms with Gasteiger partial charge in [0.05, 0.1) is 23.3 Å². The number of anilines is 1. The summed E-state index contributed by atoms with van der Waals surface area (Å²) < 4.78 is 0. The number of carboxylic acid groups (broad SMARTS) is 1. The average molecular weight is 351 g/mol. The highest BCUT2D eigenvalue weighted by molar-refractivity contribution is 7.98. The van der Waals surface area contributed by atoms with Gasteiger partial charge in [-0.1, -0.05) is 32.9 Å². The van der Waals surface area contributed by atoms with Crippen molar-refractivity contribution in [3.63, 3.8) is 0 Å². The van der Waals surface area contributed by atoms with Crippen LogP contribution in [-0.2, 0) is 9.59 Å². The van der Waals surface area contributed by atoms with Gasteiger partial charge in [0.2, 0.25) is 5.91 Å². The minimum absolute atomic E-state index is 0.213. The topological polar surface area (TPSA) is 98.3 Å². The van der Waals surface area contributed by atoms with Gasteiger partial charge in [0.25, 0.3) is 5.91 Å². The molecule has 6 nitrogen and oxygen atoms in total. The van der Waals surface area contributed by atoms with Crippen LogP contribution in [0.25, 0.3) is 0 Å². The summed E-state index contributed by atoms with van der Waals surface area (Å²) in [7, 11) is 0. The van der Waals surface area contributed by atoms with Crippen molar-refractivity contribution in [1.82, 2.24) is 5.32 Å². The van der Waals surface area contributed by atoms with E-state index < -0.39 is 23.3 Å². The number of carbonyl (C=O) groups is 3. The van der Waals surface area contributed by atoms with Crippen molar-refractivity contribution in [2.24, 2.45) is 5.41 Å². The third-order valence-electron chi connectivity index (χ3n) is 3.30. The van der Waals surface area contributed by atoms with Crippen LogP contribution < -0.4 is 15.7 Å². The molecule has 0 aliphatic carbocycles. The van der Waals surface area contributed by atoms with Crippen LogP contribution >= 0.6 is 11.8 Å². The molecule has 1 aromatic rings. The number of hydrogen-bond donors (Lipinski definition) is 2. The fraction of sp³-hybridized carbons (Fsp3) is 0.471. The van der Waals surface area contributed by atoms with E-state index >= 15 is 0 Å². The number of amides is 2. The maximum Gasteiger partial charge on any atom is 0.253 e. The van der Waals surface area contributed by atoms with Crippen LogP contribution in [0.4, 0.5) is 5.69 Å². The molecule has 24 heavy (non-hydrogen) atoms. The number of aliphatic carboxylic acids is 1. The quantitative estimate of drug-likeness (QED) is 0.771. The highest BCUT2D eigenvalue weighted by Gasteiger charge is 2.23. The van der Waals surface area contributed by atoms with Crippen LogP contribution in [0.1, 0.15) is 37.6 Å². The Morgan fingerprint density at radius 1 is 1.21 bits per heavy atom. The van der Waals surface area contributed by atoms with Crippen molar-refractivity contribution < 1.29 is 19.5 Å². The Balaban J connectivity index is 2.94. The van der Waals surface area contributed by atoms with Gasteiger partial charge in [0.1, 0.15) is 0 Å². The second-order valence-electron chi connectivity index (χ2n) is 6.38. The SMILES string of the molecule is CSCC[C@@H](NC(=O)c1ccccc1NC(=O)C(C)(C)C)C(=O)[O-]. The summed E-state index contributed by atoms with van der Waals surface area (Å²) in [6, 6.07) is 5.41. The summed E-state index contributed by atoms with van der Waals surface area (Å²) in [6.07, 6.45) is 2.12. The second kappa shape index (κ2) is 8.73. The van der Waals surface area contributed by atoms with E-state index in [4.69, 9.17) is 0 Å². The van der Waals surface area contributed by atoms with Gasteiger partial charge in [-0.25, -0.2) is 0 Å². The monoisotopic (exact) mass is 351 g/mol. The Hall–Kier alpha value is -2.02. The largest absolute Gasteiger partial charge is 0.548 e. The van der Waals surface area contributed by atoms with Crippen LogP contribution in [-0.4, -0.2) is 35.8 Å². The lowest BCUT2D eigenvalue weighted by atomic mass is 9.95. The molecule has 0 aromatic heterocycles. The maximum absolute atomic E-state index is 12.4. The molecule has 0 bridgehead atoms. The molecule has 132 valence electrons. The van der Waals surface area contributed by atoms with Crippen molar-refractivity contribution in [1.29, 1.82) is 0 Å². The van der Waals surface area contributed by atoms with Crippen LogP contribution in [0.3, 0.4) is 0 Å². The van der Waals surface area contributed by atoms with E-state index in [0.29, 0.717) is 11.4 Å². The Labute approximate surface area is 146 Å². The van der Waals surface area contributed by atoms with Crippen molar-refractivity contribution in [2.75, 3.05) is 17.3 Å². The number of para-hydroxylation sites is 1. The molecule has 0 radical (unpaired) electrons. The minimum atomic E-state index is -1.33. The molecule has 1 aromatic carbocycles. The first-order valence-electron chi connectivity index (χ1n) is 7.58. The van der Waals surface area contributed by atoms with Crippen LogP contribution in [0.15, 0.2) is 24.3 Å². The maximum atomic E-state index is 12.4. The number of thioether (sulfide) groups is 1. The van der Waals surface area contributed by atoms with E-state index in [2.05, 4.69) is 10.6 Å². The fourth-order valence-electron chi connectivity index (χ4n) is 1.82. The van der Waals surface area contributed by atoms with Gasteiger partial charge < -0.3 is 20.5 Å². The van der Waals surface area contributed by atoms with Gasteiger partial charge in [-0.3, -0.25) is 9.59 Å². The first-order valence-corrected chi connectivity index (χ1v) is 8.97. The molecule has 0 heterocycles. The molecule has 0 aliphatic rings. The minimum Gasteiger partial charge on any atom is -0.548 e. The molecule has 0 spiro atoms. The molecule has 0 saturated heterocycles. The van der Waals surface area contributed by atoms with Gasteiger partial charge in [-0.05, 0) is 30.6 Å². The van der Waals surface area contributed by atoms with Gasteiger partial charge in [0, 0.05) is 5.41 Å². The first kappa shape index (κ1) is 20.0. The standard InChI is InChI=1S/C17H24N2O4S/c1-17(2,3)16(23)19-12-8-6-5-7-11(12)14(20)18-13(15(21)22)9-10-24-4/h5-8,13H,9-10H2,1-4H3,(H,18,20)(H,19,23)(H,21,22)/p-1/t13-/m1/s1. The van der Waals surface area contributed by atoms with Crippen LogP contribution in [0.5, 0.6) is 0 Å². The van der Waals surface area contributed by atoms with Crippen molar-refractivity contribution >= 4 is 35.2 Å². The molecule has 0 fully saturated rings. The summed E-state index contributed by atoms with van der Waals surface area (Å²) in [4.78, 5) is 35.7. The first-order chi connectivity index (χ1) is 11.2. The molecule has 7 heteroatoms. The molecule has 0 aliphatic heterocycles. The Morgan fingerprint density at radius 3 is 2.38 bits per heavy atom. The highest BCUT2D eigenvalue weighted by atomic mass is 32.2. The molecular weight excluding hydrogens is 328 g/mol. The number of nitrogens with one attached hydrogen (secondary N) is 2. The van der Waals surface area contributed by atoms with Crippen molar-refractivity contribution in [3.05, 3.63) is 29.8 Å². The van der Waals surface area contributed by atoms with Gasteiger partial charge >= 0.3 is 0 Å². The smallest absolute Gasteiger partial charge is 0.253 e. The third-order valence-corrected chi connectivity index (χ3v) is 3.95. The zero-order valence-electron chi connectivity index (χ0n) is 14.3. The van der Waals surface area contributed by atoms with Gasteiger partial charge in [-0.2, -0.15) is 11.8 Å². The second-order valence-corrected chi connectivity index (χ2v) is 7.36. The zero-order valence-corrected chi connectivity index (χ0v) is 15.2. The van der Waals surface area contributed by atoms with Crippen LogP contribution in [0, 0.1) is 5.41 Å². The molecular formula is C17H23N2O4S-. The molecule has 2 N–H and O–H groups in total. The Morgan fingerprint density at radius 2 is 1.83 bits per heavy atom. The molecule has 2 amide bonds. The normalized spacial score (nSPS) is 12.3. The van der Waals surface area contributed by atoms with Gasteiger partial charge in [0.15, 0.2) is 0 Å². The number of benzene rings is 1. The van der Waals surface area contributed by atoms with E-state index in [1.807, 2.05) is 6.26 Å². The lowest BCUT2D eigenvalue weighted by molar-refractivity contribution is -0.308. The summed E-state index contributed by atoms with van der Waals surface area (Å²) in [6.45, 7) is 5.29. The number of hydrogen-bond acceptors (Lipinski definition) is 5. The molecule has 1 atom stereocenters. The van der Waals surface area contributed by atoms with E-state index in [9.17, 15) is 19.5 Å². The van der Waals surface area contributed by atoms with E-state index in [-0.39, 0.29) is 17.9 Å². The predicted molar refractivity (Wildman–Crippen MR) is 93.8 cm³/mol. The van der Waals surface area contributed by atoms with E-state index in [1.165, 1.54) is 17.8 Å². The summed E-state index contributed by atoms with van der Waals surface area (Å²) in [5.74, 6) is -1.54. The molecule has 1 rings (SSSR count). The Kier molecular flexibility index (Phi) is 7.28. The molecule has 0 saturated carbocycles. The number of rotatable bonds is 7. The summed E-state index contributed by atoms with van der Waals surface area (Å²) in [5.41, 5.74) is -0.0578. The number of carboxylic acids is 1. The average Bonchev–Trinajstić information content (AvgIpc) is 2.50. The van der Waals surface area contributed by atoms with E-state index in [1.54, 1.807) is 39.0 Å². The summed E-state index contributed by atoms with van der Waals surface area (Å²) >= 11 is 1.49.